The van der Waals surface area contributed by atoms with Gasteiger partial charge in [-0.2, -0.15) is 0 Å². The largest absolute Gasteiger partial charge is 0.456 e. The molecule has 6 rings (SSSR count). The lowest BCUT2D eigenvalue weighted by Crippen LogP contribution is -2.45. The highest BCUT2D eigenvalue weighted by Gasteiger charge is 2.56. The Morgan fingerprint density at radius 3 is 2.33 bits per heavy atom. The van der Waals surface area contributed by atoms with Crippen LogP contribution in [0.25, 0.3) is 6.08 Å². The molecule has 10 nitrogen and oxygen atoms in total. The second-order valence-corrected chi connectivity index (χ2v) is 17.7. The van der Waals surface area contributed by atoms with Crippen molar-refractivity contribution in [3.05, 3.63) is 52.6 Å². The first kappa shape index (κ1) is 41.6. The fourth-order valence-electron chi connectivity index (χ4n) is 9.63. The number of carbonyl (C=O) groups is 3. The van der Waals surface area contributed by atoms with Gasteiger partial charge in [-0.1, -0.05) is 77.2 Å². The topological polar surface area (TPSA) is 136 Å². The van der Waals surface area contributed by atoms with Crippen molar-refractivity contribution in [2.24, 2.45) is 17.3 Å². The minimum absolute atomic E-state index is 0.0483. The Morgan fingerprint density at radius 2 is 1.65 bits per heavy atom. The number of esters is 1. The zero-order valence-electron chi connectivity index (χ0n) is 34.0. The lowest BCUT2D eigenvalue weighted by Gasteiger charge is -2.53. The quantitative estimate of drug-likeness (QED) is 0.0841. The molecule has 2 heterocycles. The van der Waals surface area contributed by atoms with Crippen molar-refractivity contribution in [1.82, 2.24) is 10.6 Å². The molecule has 2 aliphatic heterocycles. The number of hydrogen-bond acceptors (Lipinski definition) is 8. The van der Waals surface area contributed by atoms with E-state index in [1.54, 1.807) is 0 Å². The summed E-state index contributed by atoms with van der Waals surface area (Å²) in [4.78, 5) is 39.3. The van der Waals surface area contributed by atoms with Crippen LogP contribution in [-0.4, -0.2) is 78.4 Å². The van der Waals surface area contributed by atoms with Gasteiger partial charge in [0.25, 0.3) is 0 Å². The molecule has 0 bridgehead atoms. The maximum absolute atomic E-state index is 13.8. The molecule has 5 aliphatic rings. The molecule has 55 heavy (non-hydrogen) atoms. The standard InChI is InChI=1S/C45H66N2O8/c1-6-8-10-20-45(21-11-9-7-2)53-37-28-33(41(50)47-23-19-39(49)46-24-25-48)27-36(40(37)55-45)52-42(51)31-14-12-30(13-15-31)26-32-16-17-38-44(5,54-38)22-18-35-34(32)29-43(35,3)4/h12-15,26,28,34-38,40,48H,6-11,16-25,27,29H2,1-5H3,(H,46,49)(H,47,50)/t34-,35-,36-,37-,38?,40+,44-/m1/s1. The Kier molecular flexibility index (Phi) is 13.6. The number of benzene rings is 1. The molecule has 3 N–H and O–H groups in total. The molecule has 1 aromatic rings. The van der Waals surface area contributed by atoms with E-state index in [0.717, 1.165) is 76.2 Å². The van der Waals surface area contributed by atoms with Gasteiger partial charge in [-0.05, 0) is 92.9 Å². The molecule has 304 valence electrons. The van der Waals surface area contributed by atoms with Gasteiger partial charge in [0.1, 0.15) is 18.3 Å². The first-order valence-electron chi connectivity index (χ1n) is 21.3. The normalized spacial score (nSPS) is 30.9. The monoisotopic (exact) mass is 762 g/mol. The van der Waals surface area contributed by atoms with E-state index < -0.39 is 30.1 Å². The number of fused-ring (bicyclic) bond motifs is 3. The van der Waals surface area contributed by atoms with Crippen LogP contribution >= 0.6 is 0 Å². The zero-order valence-corrected chi connectivity index (χ0v) is 34.0. The molecule has 7 atom stereocenters. The van der Waals surface area contributed by atoms with E-state index in [1.807, 2.05) is 30.3 Å². The van der Waals surface area contributed by atoms with Crippen molar-refractivity contribution in [3.63, 3.8) is 0 Å². The summed E-state index contributed by atoms with van der Waals surface area (Å²) in [6, 6.07) is 7.69. The van der Waals surface area contributed by atoms with Crippen molar-refractivity contribution < 1.29 is 38.4 Å². The molecule has 3 aliphatic carbocycles. The molecular weight excluding hydrogens is 697 g/mol. The highest BCUT2D eigenvalue weighted by Crippen LogP contribution is 2.59. The summed E-state index contributed by atoms with van der Waals surface area (Å²) in [6.07, 6.45) is 16.2. The Bertz CT molecular complexity index is 1560. The molecule has 2 amide bonds. The number of amides is 2. The van der Waals surface area contributed by atoms with Gasteiger partial charge >= 0.3 is 5.97 Å². The van der Waals surface area contributed by atoms with Crippen LogP contribution in [0.1, 0.15) is 147 Å². The number of carbonyl (C=O) groups excluding carboxylic acids is 3. The number of epoxide rings is 1. The third-order valence-corrected chi connectivity index (χ3v) is 13.0. The summed E-state index contributed by atoms with van der Waals surface area (Å²) in [6.45, 7) is 11.6. The van der Waals surface area contributed by atoms with E-state index in [2.05, 4.69) is 51.3 Å². The van der Waals surface area contributed by atoms with E-state index in [1.165, 1.54) is 18.4 Å². The number of ether oxygens (including phenoxy) is 4. The van der Waals surface area contributed by atoms with E-state index in [0.29, 0.717) is 34.5 Å². The van der Waals surface area contributed by atoms with Crippen molar-refractivity contribution in [2.75, 3.05) is 19.7 Å². The molecule has 10 heteroatoms. The average Bonchev–Trinajstić information content (AvgIpc) is 3.64. The first-order valence-corrected chi connectivity index (χ1v) is 21.3. The van der Waals surface area contributed by atoms with E-state index in [4.69, 9.17) is 24.1 Å². The van der Waals surface area contributed by atoms with Gasteiger partial charge in [0.05, 0.1) is 23.9 Å². The van der Waals surface area contributed by atoms with Gasteiger partial charge in [-0.15, -0.1) is 0 Å². The molecule has 0 aromatic heterocycles. The number of allylic oxidation sites excluding steroid dienone is 1. The van der Waals surface area contributed by atoms with Gasteiger partial charge < -0.3 is 34.7 Å². The van der Waals surface area contributed by atoms with E-state index in [-0.39, 0.29) is 50.0 Å². The van der Waals surface area contributed by atoms with Gasteiger partial charge in [0.2, 0.25) is 11.8 Å². The highest BCUT2D eigenvalue weighted by atomic mass is 16.8. The predicted molar refractivity (Wildman–Crippen MR) is 212 cm³/mol. The molecular formula is C45H66N2O8. The van der Waals surface area contributed by atoms with Crippen molar-refractivity contribution in [3.8, 4) is 0 Å². The SMILES string of the molecule is CCCCCC1(CCCCC)O[C@@H]2[C@@H](C=C(C(=O)NCCC(=O)NCCO)C[C@H]2OC(=O)c2ccc(C=C3CCC4O[C@]4(C)CC[C@@H]4[C@@H]3CC4(C)C)cc2)O1. The molecule has 1 unspecified atom stereocenters. The number of aliphatic hydroxyl groups is 1. The lowest BCUT2D eigenvalue weighted by molar-refractivity contribution is -0.190. The second-order valence-electron chi connectivity index (χ2n) is 17.7. The summed E-state index contributed by atoms with van der Waals surface area (Å²) >= 11 is 0. The van der Waals surface area contributed by atoms with Crippen LogP contribution in [-0.2, 0) is 28.5 Å². The van der Waals surface area contributed by atoms with Crippen LogP contribution in [0.5, 0.6) is 0 Å². The minimum Gasteiger partial charge on any atom is -0.456 e. The number of rotatable bonds is 17. The smallest absolute Gasteiger partial charge is 0.338 e. The first-order chi connectivity index (χ1) is 26.4. The summed E-state index contributed by atoms with van der Waals surface area (Å²) in [7, 11) is 0. The van der Waals surface area contributed by atoms with Gasteiger partial charge in [0.15, 0.2) is 5.79 Å². The average molecular weight is 763 g/mol. The van der Waals surface area contributed by atoms with E-state index in [9.17, 15) is 14.4 Å². The van der Waals surface area contributed by atoms with Crippen LogP contribution in [0.2, 0.25) is 0 Å². The fourth-order valence-corrected chi connectivity index (χ4v) is 9.63. The number of aliphatic hydroxyl groups excluding tert-OH is 1. The Morgan fingerprint density at radius 1 is 0.927 bits per heavy atom. The third-order valence-electron chi connectivity index (χ3n) is 13.0. The van der Waals surface area contributed by atoms with Gasteiger partial charge in [-0.3, -0.25) is 9.59 Å². The van der Waals surface area contributed by atoms with Crippen LogP contribution in [0.15, 0.2) is 41.5 Å². The molecule has 4 fully saturated rings. The Balaban J connectivity index is 1.16. The maximum Gasteiger partial charge on any atom is 0.338 e. The molecule has 2 saturated heterocycles. The molecule has 0 radical (unpaired) electrons. The van der Waals surface area contributed by atoms with Crippen molar-refractivity contribution in [1.29, 1.82) is 0 Å². The van der Waals surface area contributed by atoms with Crippen LogP contribution < -0.4 is 10.6 Å². The fraction of sp³-hybridized carbons (Fsp3) is 0.711. The van der Waals surface area contributed by atoms with Gasteiger partial charge in [-0.25, -0.2) is 4.79 Å². The lowest BCUT2D eigenvalue weighted by atomic mass is 9.52. The molecule has 0 spiro atoms. The number of unbranched alkanes of at least 4 members (excludes halogenated alkanes) is 4. The molecule has 1 aromatic carbocycles. The Labute approximate surface area is 328 Å². The van der Waals surface area contributed by atoms with Crippen LogP contribution in [0, 0.1) is 17.3 Å². The summed E-state index contributed by atoms with van der Waals surface area (Å²) < 4.78 is 25.9. The summed E-state index contributed by atoms with van der Waals surface area (Å²) in [5.41, 5.74) is 3.86. The van der Waals surface area contributed by atoms with E-state index >= 15 is 0 Å². The van der Waals surface area contributed by atoms with Crippen molar-refractivity contribution >= 4 is 23.9 Å². The second kappa shape index (κ2) is 18.0. The summed E-state index contributed by atoms with van der Waals surface area (Å²) in [5, 5.41) is 14.4. The Hall–Kier alpha value is -3.05. The van der Waals surface area contributed by atoms with Crippen LogP contribution in [0.4, 0.5) is 0 Å². The van der Waals surface area contributed by atoms with Crippen molar-refractivity contribution in [2.45, 2.75) is 167 Å². The van der Waals surface area contributed by atoms with Gasteiger partial charge in [0, 0.05) is 44.3 Å². The highest BCUT2D eigenvalue weighted by molar-refractivity contribution is 5.94. The van der Waals surface area contributed by atoms with Crippen LogP contribution in [0.3, 0.4) is 0 Å². The summed E-state index contributed by atoms with van der Waals surface area (Å²) in [5.74, 6) is -0.603. The maximum atomic E-state index is 13.8. The number of hydrogen-bond donors (Lipinski definition) is 3. The number of nitrogens with one attached hydrogen (secondary N) is 2. The minimum atomic E-state index is -0.804. The third kappa shape index (κ3) is 10.1. The molecule has 2 saturated carbocycles. The zero-order chi connectivity index (χ0) is 39.2. The predicted octanol–water partition coefficient (Wildman–Crippen LogP) is 7.58.